The van der Waals surface area contributed by atoms with Crippen molar-refractivity contribution in [3.8, 4) is 5.88 Å². The lowest BCUT2D eigenvalue weighted by Gasteiger charge is -2.12. The molecule has 0 aliphatic heterocycles. The van der Waals surface area contributed by atoms with E-state index in [4.69, 9.17) is 16.3 Å². The average Bonchev–Trinajstić information content (AvgIpc) is 3.22. The lowest BCUT2D eigenvalue weighted by atomic mass is 10.1. The molecule has 7 nitrogen and oxygen atoms in total. The number of nitrogens with one attached hydrogen (secondary N) is 1. The summed E-state index contributed by atoms with van der Waals surface area (Å²) in [5.74, 6) is -0.861. The number of ether oxygens (including phenoxy) is 1. The monoisotopic (exact) mass is 484 g/mol. The molecule has 0 aliphatic rings. The van der Waals surface area contributed by atoms with Crippen LogP contribution in [-0.4, -0.2) is 33.8 Å². The molecule has 0 spiro atoms. The molecule has 3 aromatic rings. The summed E-state index contributed by atoms with van der Waals surface area (Å²) in [5, 5.41) is 2.95. The van der Waals surface area contributed by atoms with Crippen LogP contribution in [0.1, 0.15) is 42.7 Å². The first-order valence-electron chi connectivity index (χ1n) is 9.11. The highest BCUT2D eigenvalue weighted by molar-refractivity contribution is 7.13. The SMILES string of the molecule is COc1ncnc(C(=O)CCc2ncc(C(=O)Nc3ccc(C)c(C(F)(F)F)c3)s2)c1Cl. The summed E-state index contributed by atoms with van der Waals surface area (Å²) in [4.78, 5) is 36.8. The van der Waals surface area contributed by atoms with Crippen LogP contribution in [0.15, 0.2) is 30.7 Å². The van der Waals surface area contributed by atoms with Crippen LogP contribution in [-0.2, 0) is 12.6 Å². The van der Waals surface area contributed by atoms with E-state index in [2.05, 4.69) is 20.3 Å². The fourth-order valence-electron chi connectivity index (χ4n) is 2.76. The van der Waals surface area contributed by atoms with Gasteiger partial charge in [-0.05, 0) is 24.6 Å². The first kappa shape index (κ1) is 23.6. The van der Waals surface area contributed by atoms with Gasteiger partial charge in [0.25, 0.3) is 5.91 Å². The number of aryl methyl sites for hydroxylation is 2. The second-order valence-electron chi connectivity index (χ2n) is 6.57. The van der Waals surface area contributed by atoms with Gasteiger partial charge >= 0.3 is 6.18 Å². The number of anilines is 1. The van der Waals surface area contributed by atoms with Gasteiger partial charge in [-0.25, -0.2) is 15.0 Å². The smallest absolute Gasteiger partial charge is 0.416 e. The maximum Gasteiger partial charge on any atom is 0.416 e. The number of Topliss-reactive ketones (excluding diaryl/α,β-unsaturated/α-hetero) is 1. The molecule has 2 aromatic heterocycles. The Labute approximate surface area is 189 Å². The van der Waals surface area contributed by atoms with Crippen molar-refractivity contribution in [1.82, 2.24) is 15.0 Å². The summed E-state index contributed by atoms with van der Waals surface area (Å²) in [7, 11) is 1.37. The third-order valence-electron chi connectivity index (χ3n) is 4.36. The van der Waals surface area contributed by atoms with Gasteiger partial charge in [0.15, 0.2) is 5.78 Å². The fourth-order valence-corrected chi connectivity index (χ4v) is 3.85. The Morgan fingerprint density at radius 2 is 1.97 bits per heavy atom. The second kappa shape index (κ2) is 9.61. The minimum absolute atomic E-state index is 0.00975. The van der Waals surface area contributed by atoms with Crippen LogP contribution >= 0.6 is 22.9 Å². The van der Waals surface area contributed by atoms with E-state index in [0.717, 1.165) is 17.4 Å². The van der Waals surface area contributed by atoms with E-state index in [0.29, 0.717) is 5.01 Å². The fraction of sp³-hybridized carbons (Fsp3) is 0.250. The number of halogens is 4. The number of hydrogen-bond donors (Lipinski definition) is 1. The van der Waals surface area contributed by atoms with Crippen LogP contribution in [0, 0.1) is 6.92 Å². The third-order valence-corrected chi connectivity index (χ3v) is 5.76. The molecule has 0 radical (unpaired) electrons. The molecule has 0 saturated carbocycles. The van der Waals surface area contributed by atoms with Gasteiger partial charge in [-0.1, -0.05) is 17.7 Å². The van der Waals surface area contributed by atoms with E-state index in [9.17, 15) is 22.8 Å². The molecular weight excluding hydrogens is 469 g/mol. The minimum atomic E-state index is -4.52. The van der Waals surface area contributed by atoms with E-state index < -0.39 is 17.6 Å². The highest BCUT2D eigenvalue weighted by Gasteiger charge is 2.32. The molecule has 168 valence electrons. The molecule has 0 bridgehead atoms. The van der Waals surface area contributed by atoms with Crippen LogP contribution in [0.2, 0.25) is 5.02 Å². The number of benzene rings is 1. The Balaban J connectivity index is 1.65. The summed E-state index contributed by atoms with van der Waals surface area (Å²) in [6.07, 6.45) is -1.80. The standard InChI is InChI=1S/C20H16ClF3N4O3S/c1-10-3-4-11(7-12(10)20(22,23)24)28-18(30)14-8-25-15(32-14)6-5-13(29)17-16(21)19(31-2)27-9-26-17/h3-4,7-9H,5-6H2,1-2H3,(H,28,30). The van der Waals surface area contributed by atoms with Crippen molar-refractivity contribution in [3.05, 3.63) is 62.5 Å². The second-order valence-corrected chi connectivity index (χ2v) is 8.06. The molecule has 0 atom stereocenters. The molecule has 1 amide bonds. The van der Waals surface area contributed by atoms with Gasteiger partial charge < -0.3 is 10.1 Å². The van der Waals surface area contributed by atoms with Crippen molar-refractivity contribution >= 4 is 40.3 Å². The predicted molar refractivity (Wildman–Crippen MR) is 112 cm³/mol. The molecule has 12 heteroatoms. The van der Waals surface area contributed by atoms with Crippen molar-refractivity contribution in [3.63, 3.8) is 0 Å². The molecule has 1 N–H and O–H groups in total. The molecule has 1 aromatic carbocycles. The maximum atomic E-state index is 13.1. The summed E-state index contributed by atoms with van der Waals surface area (Å²) < 4.78 is 44.1. The number of amides is 1. The zero-order valence-corrected chi connectivity index (χ0v) is 18.4. The van der Waals surface area contributed by atoms with Crippen LogP contribution in [0.3, 0.4) is 0 Å². The van der Waals surface area contributed by atoms with Gasteiger partial charge in [0.2, 0.25) is 5.88 Å². The zero-order valence-electron chi connectivity index (χ0n) is 16.8. The molecule has 0 unspecified atom stereocenters. The summed E-state index contributed by atoms with van der Waals surface area (Å²) >= 11 is 7.08. The predicted octanol–water partition coefficient (Wildman–Crippen LogP) is 4.99. The van der Waals surface area contributed by atoms with Gasteiger partial charge in [0.1, 0.15) is 21.9 Å². The topological polar surface area (TPSA) is 94.1 Å². The Kier molecular flexibility index (Phi) is 7.09. The number of hydrogen-bond acceptors (Lipinski definition) is 7. The lowest BCUT2D eigenvalue weighted by molar-refractivity contribution is -0.138. The number of methoxy groups -OCH3 is 1. The van der Waals surface area contributed by atoms with Crippen molar-refractivity contribution in [2.24, 2.45) is 0 Å². The van der Waals surface area contributed by atoms with Crippen molar-refractivity contribution in [2.75, 3.05) is 12.4 Å². The Bertz CT molecular complexity index is 1170. The Morgan fingerprint density at radius 1 is 1.22 bits per heavy atom. The molecule has 32 heavy (non-hydrogen) atoms. The first-order chi connectivity index (χ1) is 15.1. The Morgan fingerprint density at radius 3 is 2.66 bits per heavy atom. The van der Waals surface area contributed by atoms with E-state index in [1.165, 1.54) is 38.7 Å². The zero-order chi connectivity index (χ0) is 23.5. The third kappa shape index (κ3) is 5.40. The lowest BCUT2D eigenvalue weighted by Crippen LogP contribution is -2.13. The highest BCUT2D eigenvalue weighted by atomic mass is 35.5. The number of thiazole rings is 1. The van der Waals surface area contributed by atoms with Crippen LogP contribution < -0.4 is 10.1 Å². The number of carbonyl (C=O) groups excluding carboxylic acids is 2. The number of carbonyl (C=O) groups is 2. The van der Waals surface area contributed by atoms with Crippen molar-refractivity contribution < 1.29 is 27.5 Å². The van der Waals surface area contributed by atoms with Gasteiger partial charge in [-0.3, -0.25) is 9.59 Å². The van der Waals surface area contributed by atoms with Crippen molar-refractivity contribution in [2.45, 2.75) is 25.9 Å². The van der Waals surface area contributed by atoms with Crippen LogP contribution in [0.25, 0.3) is 0 Å². The first-order valence-corrected chi connectivity index (χ1v) is 10.3. The quantitative estimate of drug-likeness (QED) is 0.475. The number of rotatable bonds is 7. The van der Waals surface area contributed by atoms with E-state index in [1.54, 1.807) is 0 Å². The van der Waals surface area contributed by atoms with Crippen molar-refractivity contribution in [1.29, 1.82) is 0 Å². The number of alkyl halides is 3. The summed E-state index contributed by atoms with van der Waals surface area (Å²) in [6, 6.07) is 3.56. The van der Waals surface area contributed by atoms with E-state index in [1.807, 2.05) is 0 Å². The summed E-state index contributed by atoms with van der Waals surface area (Å²) in [5.41, 5.74) is -0.723. The number of aromatic nitrogens is 3. The molecule has 2 heterocycles. The van der Waals surface area contributed by atoms with Gasteiger partial charge in [0.05, 0.1) is 23.9 Å². The summed E-state index contributed by atoms with van der Waals surface area (Å²) in [6.45, 7) is 1.34. The maximum absolute atomic E-state index is 13.1. The highest BCUT2D eigenvalue weighted by Crippen LogP contribution is 2.33. The van der Waals surface area contributed by atoms with Crippen LogP contribution in [0.5, 0.6) is 5.88 Å². The number of ketones is 1. The van der Waals surface area contributed by atoms with E-state index >= 15 is 0 Å². The van der Waals surface area contributed by atoms with E-state index in [-0.39, 0.29) is 51.3 Å². The van der Waals surface area contributed by atoms with Gasteiger partial charge in [-0.15, -0.1) is 11.3 Å². The normalized spacial score (nSPS) is 11.3. The molecule has 0 aliphatic carbocycles. The molecular formula is C20H16ClF3N4O3S. The minimum Gasteiger partial charge on any atom is -0.480 e. The Hall–Kier alpha value is -3.05. The largest absolute Gasteiger partial charge is 0.480 e. The van der Waals surface area contributed by atoms with Crippen LogP contribution in [0.4, 0.5) is 18.9 Å². The average molecular weight is 485 g/mol. The van der Waals surface area contributed by atoms with Gasteiger partial charge in [-0.2, -0.15) is 13.2 Å². The number of nitrogens with zero attached hydrogens (tertiary/aromatic N) is 3. The molecule has 0 fully saturated rings. The molecule has 0 saturated heterocycles. The van der Waals surface area contributed by atoms with Gasteiger partial charge in [0, 0.05) is 18.5 Å². The molecule has 3 rings (SSSR count).